The molecule has 1 amide bonds. The Labute approximate surface area is 148 Å². The van der Waals surface area contributed by atoms with Crippen LogP contribution in [0, 0.1) is 0 Å². The van der Waals surface area contributed by atoms with Gasteiger partial charge in [-0.05, 0) is 6.92 Å². The first-order valence-corrected chi connectivity index (χ1v) is 8.30. The van der Waals surface area contributed by atoms with Crippen LogP contribution in [0.3, 0.4) is 0 Å². The van der Waals surface area contributed by atoms with E-state index in [0.29, 0.717) is 6.54 Å². The van der Waals surface area contributed by atoms with Crippen molar-refractivity contribution in [2.75, 3.05) is 19.7 Å². The van der Waals surface area contributed by atoms with E-state index in [4.69, 9.17) is 16.2 Å². The van der Waals surface area contributed by atoms with Crippen molar-refractivity contribution in [1.29, 1.82) is 0 Å². The van der Waals surface area contributed by atoms with Crippen molar-refractivity contribution in [1.82, 2.24) is 16.0 Å². The van der Waals surface area contributed by atoms with Crippen LogP contribution in [0.4, 0.5) is 4.79 Å². The monoisotopic (exact) mass is 369 g/mol. The Bertz CT molecular complexity index is 742. The average molecular weight is 369 g/mol. The van der Waals surface area contributed by atoms with Crippen molar-refractivity contribution >= 4 is 18.0 Å². The van der Waals surface area contributed by atoms with Crippen molar-refractivity contribution < 1.29 is 29.3 Å². The highest BCUT2D eigenvalue weighted by Gasteiger charge is 2.74. The molecule has 3 atom stereocenters. The van der Waals surface area contributed by atoms with Crippen molar-refractivity contribution in [2.45, 2.75) is 42.5 Å². The summed E-state index contributed by atoms with van der Waals surface area (Å²) < 4.78 is 6.87. The summed E-state index contributed by atoms with van der Waals surface area (Å²) in [5.41, 5.74) is 10.0. The van der Waals surface area contributed by atoms with Gasteiger partial charge in [0.25, 0.3) is 5.66 Å². The van der Waals surface area contributed by atoms with E-state index in [1.54, 1.807) is 11.5 Å². The van der Waals surface area contributed by atoms with E-state index in [1.165, 1.54) is 0 Å². The number of hydrogen-bond donors (Lipinski definition) is 8. The molecule has 13 nitrogen and oxygen atoms in total. The predicted molar refractivity (Wildman–Crippen MR) is 85.5 cm³/mol. The number of ether oxygens (including phenoxy) is 1. The minimum absolute atomic E-state index is 0.0736. The number of carbonyl (C=O) groups is 1. The summed E-state index contributed by atoms with van der Waals surface area (Å²) in [4.78, 5) is 14.9. The molecule has 0 aliphatic carbocycles. The summed E-state index contributed by atoms with van der Waals surface area (Å²) in [7, 11) is 0. The lowest BCUT2D eigenvalue weighted by Crippen LogP contribution is -2.91. The number of amides is 1. The van der Waals surface area contributed by atoms with Gasteiger partial charge in [0.15, 0.2) is 6.04 Å². The number of alkyl carbamates (subject to hydrolysis) is 1. The van der Waals surface area contributed by atoms with E-state index in [-0.39, 0.29) is 31.5 Å². The summed E-state index contributed by atoms with van der Waals surface area (Å²) in [5, 5.41) is 37.2. The molecule has 0 unspecified atom stereocenters. The lowest BCUT2D eigenvalue weighted by atomic mass is 9.87. The Morgan fingerprint density at radius 2 is 2.23 bits per heavy atom. The predicted octanol–water partition coefficient (Wildman–Crippen LogP) is -5.66. The maximum atomic E-state index is 11.9. The van der Waals surface area contributed by atoms with Gasteiger partial charge in [-0.25, -0.2) is 14.7 Å². The van der Waals surface area contributed by atoms with E-state index >= 15 is 0 Å². The number of rotatable bonds is 4. The van der Waals surface area contributed by atoms with E-state index in [1.807, 2.05) is 0 Å². The molecule has 26 heavy (non-hydrogen) atoms. The molecule has 0 saturated carbocycles. The van der Waals surface area contributed by atoms with Crippen LogP contribution in [-0.4, -0.2) is 81.7 Å². The van der Waals surface area contributed by atoms with Gasteiger partial charge in [0, 0.05) is 6.42 Å². The third kappa shape index (κ3) is 2.34. The lowest BCUT2D eigenvalue weighted by molar-refractivity contribution is -0.674. The topological polar surface area (TPSA) is 197 Å². The molecule has 1 spiro atoms. The molecule has 13 heteroatoms. The Hall–Kier alpha value is -2.67. The third-order valence-corrected chi connectivity index (χ3v) is 5.24. The van der Waals surface area contributed by atoms with Crippen LogP contribution < -0.4 is 32.4 Å². The zero-order valence-electron chi connectivity index (χ0n) is 14.2. The molecule has 0 aromatic rings. The summed E-state index contributed by atoms with van der Waals surface area (Å²) in [6.45, 7) is 2.27. The molecule has 0 aromatic carbocycles. The fourth-order valence-electron chi connectivity index (χ4n) is 3.83. The van der Waals surface area contributed by atoms with Crippen LogP contribution >= 0.6 is 0 Å². The highest BCUT2D eigenvalue weighted by molar-refractivity contribution is 5.78. The molecule has 10 N–H and O–H groups in total. The van der Waals surface area contributed by atoms with Gasteiger partial charge >= 0.3 is 18.0 Å². The smallest absolute Gasteiger partial charge is 0.407 e. The number of aliphatic hydroxyl groups is 2. The van der Waals surface area contributed by atoms with Crippen molar-refractivity contribution in [3.05, 3.63) is 0 Å². The van der Waals surface area contributed by atoms with E-state index in [9.17, 15) is 15.0 Å². The second-order valence-electron chi connectivity index (χ2n) is 7.15. The second kappa shape index (κ2) is 5.17. The fraction of sp³-hybridized carbons (Fsp3) is 0.769. The molecule has 4 heterocycles. The van der Waals surface area contributed by atoms with Crippen LogP contribution in [0.25, 0.3) is 0 Å². The van der Waals surface area contributed by atoms with Gasteiger partial charge in [0.1, 0.15) is 12.6 Å². The first-order chi connectivity index (χ1) is 12.2. The summed E-state index contributed by atoms with van der Waals surface area (Å²) >= 11 is 0. The SMILES string of the molecule is CC1(CNC(=O)OC[C@@H]2NC(N)=[N+]3CCC(O)(O)[C@@]34NC(N)=[NH+][C@@H]24)N=N1. The van der Waals surface area contributed by atoms with E-state index < -0.39 is 35.3 Å². The maximum absolute atomic E-state index is 11.9. The fourth-order valence-corrected chi connectivity index (χ4v) is 3.83. The lowest BCUT2D eigenvalue weighted by Gasteiger charge is -2.40. The largest absolute Gasteiger partial charge is 0.446 e. The van der Waals surface area contributed by atoms with Gasteiger partial charge in [0.05, 0.1) is 13.1 Å². The van der Waals surface area contributed by atoms with Gasteiger partial charge in [-0.3, -0.25) is 21.8 Å². The molecular weight excluding hydrogens is 346 g/mol. The Morgan fingerprint density at radius 1 is 1.50 bits per heavy atom. The minimum atomic E-state index is -2.08. The minimum Gasteiger partial charge on any atom is -0.446 e. The van der Waals surface area contributed by atoms with Gasteiger partial charge in [-0.15, -0.1) is 0 Å². The van der Waals surface area contributed by atoms with Crippen LogP contribution in [0.15, 0.2) is 10.2 Å². The molecule has 0 radical (unpaired) electrons. The number of hydrogen-bond acceptors (Lipinski definition) is 10. The van der Waals surface area contributed by atoms with Gasteiger partial charge in [-0.1, -0.05) is 0 Å². The van der Waals surface area contributed by atoms with Gasteiger partial charge in [0.2, 0.25) is 11.4 Å². The zero-order chi connectivity index (χ0) is 18.7. The summed E-state index contributed by atoms with van der Waals surface area (Å²) in [6, 6.07) is -1.15. The Morgan fingerprint density at radius 3 is 2.92 bits per heavy atom. The average Bonchev–Trinajstić information content (AvgIpc) is 3.09. The quantitative estimate of drug-likeness (QED) is 0.177. The number of guanidine groups is 2. The van der Waals surface area contributed by atoms with Crippen molar-refractivity contribution in [3.8, 4) is 0 Å². The molecular formula is C13H23N9O4+2. The Kier molecular flexibility index (Phi) is 3.34. The van der Waals surface area contributed by atoms with E-state index in [2.05, 4.69) is 31.2 Å². The standard InChI is InChI=1S/C13H21N9O4/c1-11(20-21-11)5-16-10(23)26-4-6-7-13(19-8(14)18-7)12(24,25)2-3-22(13)9(15)17-6/h6-7,24-25H,2-5H2,1H3,(H6,14,15,16,17,18,19,23)/p+2/t6-,7-,13-/m0/s1. The molecule has 4 aliphatic heterocycles. The van der Waals surface area contributed by atoms with Gasteiger partial charge in [-0.2, -0.15) is 10.2 Å². The van der Waals surface area contributed by atoms with E-state index in [0.717, 1.165) is 0 Å². The highest BCUT2D eigenvalue weighted by Crippen LogP contribution is 2.36. The normalized spacial score (nSPS) is 35.0. The van der Waals surface area contributed by atoms with Crippen LogP contribution in [0.5, 0.6) is 0 Å². The molecule has 4 aliphatic rings. The second-order valence-corrected chi connectivity index (χ2v) is 7.15. The summed E-state index contributed by atoms with van der Waals surface area (Å²) in [5.74, 6) is -1.65. The van der Waals surface area contributed by atoms with Crippen LogP contribution in [0.1, 0.15) is 13.3 Å². The highest BCUT2D eigenvalue weighted by atomic mass is 16.5. The first kappa shape index (κ1) is 16.8. The van der Waals surface area contributed by atoms with Crippen LogP contribution in [0.2, 0.25) is 0 Å². The molecule has 1 fully saturated rings. The van der Waals surface area contributed by atoms with Crippen molar-refractivity contribution in [2.24, 2.45) is 21.7 Å². The zero-order valence-corrected chi connectivity index (χ0v) is 14.2. The molecule has 142 valence electrons. The van der Waals surface area contributed by atoms with Crippen molar-refractivity contribution in [3.63, 3.8) is 0 Å². The molecule has 1 saturated heterocycles. The summed E-state index contributed by atoms with van der Waals surface area (Å²) in [6.07, 6.45) is -0.554. The maximum Gasteiger partial charge on any atom is 0.407 e. The molecule has 4 rings (SSSR count). The molecule has 0 bridgehead atoms. The first-order valence-electron chi connectivity index (χ1n) is 8.30. The number of nitrogens with zero attached hydrogens (tertiary/aromatic N) is 3. The number of nitrogens with one attached hydrogen (secondary N) is 4. The van der Waals surface area contributed by atoms with Crippen LogP contribution in [-0.2, 0) is 4.74 Å². The molecule has 0 aromatic heterocycles. The Balaban J connectivity index is 1.48. The number of nitrogens with two attached hydrogens (primary N) is 2. The number of carbonyl (C=O) groups excluding carboxylic acids is 1. The van der Waals surface area contributed by atoms with Gasteiger partial charge < -0.3 is 20.3 Å². The third-order valence-electron chi connectivity index (χ3n) is 5.24.